The highest BCUT2D eigenvalue weighted by molar-refractivity contribution is 5.75. The fraction of sp³-hybridized carbons (Fsp3) is 0.500. The molecule has 0 bridgehead atoms. The van der Waals surface area contributed by atoms with Gasteiger partial charge in [0, 0.05) is 12.2 Å². The number of rotatable bonds is 8. The summed E-state index contributed by atoms with van der Waals surface area (Å²) in [6.07, 6.45) is 1.31. The Morgan fingerprint density at radius 2 is 1.79 bits per heavy atom. The second-order valence-corrected chi connectivity index (χ2v) is 4.57. The maximum absolute atomic E-state index is 13.4. The van der Waals surface area contributed by atoms with Gasteiger partial charge in [-0.2, -0.15) is 0 Å². The standard InChI is InChI=1S/C14H18F2O3/c1-10(2)3-4-18-5-6-19-14-12(15)7-11(9-17)8-13(14)16/h7-10H,3-6H2,1-2H3. The summed E-state index contributed by atoms with van der Waals surface area (Å²) in [5, 5.41) is 0. The summed E-state index contributed by atoms with van der Waals surface area (Å²) in [6, 6.07) is 1.87. The largest absolute Gasteiger partial charge is 0.485 e. The van der Waals surface area contributed by atoms with Crippen LogP contribution in [0.25, 0.3) is 0 Å². The Bertz CT molecular complexity index is 396. The normalized spacial score (nSPS) is 10.8. The molecule has 3 nitrogen and oxygen atoms in total. The Balaban J connectivity index is 2.39. The second-order valence-electron chi connectivity index (χ2n) is 4.57. The zero-order valence-corrected chi connectivity index (χ0v) is 11.1. The molecule has 19 heavy (non-hydrogen) atoms. The number of hydrogen-bond acceptors (Lipinski definition) is 3. The van der Waals surface area contributed by atoms with Crippen molar-refractivity contribution in [2.75, 3.05) is 19.8 Å². The Hall–Kier alpha value is -1.49. The van der Waals surface area contributed by atoms with Crippen LogP contribution in [0.3, 0.4) is 0 Å². The first kappa shape index (κ1) is 15.6. The van der Waals surface area contributed by atoms with Gasteiger partial charge in [-0.1, -0.05) is 13.8 Å². The molecule has 0 amide bonds. The highest BCUT2D eigenvalue weighted by atomic mass is 19.1. The number of benzene rings is 1. The lowest BCUT2D eigenvalue weighted by molar-refractivity contribution is 0.0898. The van der Waals surface area contributed by atoms with Crippen LogP contribution in [0.5, 0.6) is 5.75 Å². The van der Waals surface area contributed by atoms with Crippen LogP contribution >= 0.6 is 0 Å². The van der Waals surface area contributed by atoms with E-state index in [-0.39, 0.29) is 18.8 Å². The predicted octanol–water partition coefficient (Wildman–Crippen LogP) is 3.22. The molecule has 1 aromatic rings. The molecule has 1 rings (SSSR count). The molecule has 5 heteroatoms. The van der Waals surface area contributed by atoms with Gasteiger partial charge in [-0.25, -0.2) is 8.78 Å². The first-order valence-electron chi connectivity index (χ1n) is 6.19. The Labute approximate surface area is 111 Å². The van der Waals surface area contributed by atoms with E-state index in [0.717, 1.165) is 18.6 Å². The van der Waals surface area contributed by atoms with Crippen LogP contribution in [0.4, 0.5) is 8.78 Å². The average molecular weight is 272 g/mol. The third-order valence-corrected chi connectivity index (χ3v) is 2.47. The van der Waals surface area contributed by atoms with Crippen molar-refractivity contribution in [1.82, 2.24) is 0 Å². The predicted molar refractivity (Wildman–Crippen MR) is 67.5 cm³/mol. The zero-order chi connectivity index (χ0) is 14.3. The smallest absolute Gasteiger partial charge is 0.190 e. The first-order valence-corrected chi connectivity index (χ1v) is 6.19. The van der Waals surface area contributed by atoms with Crippen LogP contribution in [0.2, 0.25) is 0 Å². The van der Waals surface area contributed by atoms with Gasteiger partial charge < -0.3 is 9.47 Å². The van der Waals surface area contributed by atoms with Gasteiger partial charge in [-0.3, -0.25) is 4.79 Å². The van der Waals surface area contributed by atoms with E-state index in [4.69, 9.17) is 9.47 Å². The van der Waals surface area contributed by atoms with Crippen LogP contribution in [-0.4, -0.2) is 26.1 Å². The van der Waals surface area contributed by atoms with E-state index in [9.17, 15) is 13.6 Å². The maximum atomic E-state index is 13.4. The van der Waals surface area contributed by atoms with Crippen molar-refractivity contribution in [2.24, 2.45) is 5.92 Å². The fourth-order valence-electron chi connectivity index (χ4n) is 1.41. The van der Waals surface area contributed by atoms with E-state index >= 15 is 0 Å². The van der Waals surface area contributed by atoms with E-state index < -0.39 is 17.4 Å². The Kier molecular flexibility index (Phi) is 6.42. The zero-order valence-electron chi connectivity index (χ0n) is 11.1. The average Bonchev–Trinajstić information content (AvgIpc) is 2.35. The summed E-state index contributed by atoms with van der Waals surface area (Å²) in [5.74, 6) is -1.70. The fourth-order valence-corrected chi connectivity index (χ4v) is 1.41. The lowest BCUT2D eigenvalue weighted by Crippen LogP contribution is -2.10. The maximum Gasteiger partial charge on any atom is 0.190 e. The first-order chi connectivity index (χ1) is 9.04. The minimum Gasteiger partial charge on any atom is -0.485 e. The lowest BCUT2D eigenvalue weighted by atomic mass is 10.1. The molecular formula is C14H18F2O3. The highest BCUT2D eigenvalue weighted by Crippen LogP contribution is 2.22. The van der Waals surface area contributed by atoms with Crippen molar-refractivity contribution in [3.05, 3.63) is 29.3 Å². The quantitative estimate of drug-likeness (QED) is 0.538. The molecule has 0 aromatic heterocycles. The molecular weight excluding hydrogens is 254 g/mol. The molecule has 0 heterocycles. The summed E-state index contributed by atoms with van der Waals surface area (Å²) in [4.78, 5) is 10.4. The molecule has 0 unspecified atom stereocenters. The summed E-state index contributed by atoms with van der Waals surface area (Å²) in [5.41, 5.74) is -0.0597. The molecule has 1 aromatic carbocycles. The molecule has 0 aliphatic carbocycles. The Morgan fingerprint density at radius 3 is 2.32 bits per heavy atom. The number of halogens is 2. The molecule has 0 fully saturated rings. The van der Waals surface area contributed by atoms with Gasteiger partial charge in [-0.15, -0.1) is 0 Å². The number of carbonyl (C=O) groups is 1. The minimum absolute atomic E-state index is 0.0597. The van der Waals surface area contributed by atoms with Gasteiger partial charge >= 0.3 is 0 Å². The molecule has 0 N–H and O–H groups in total. The molecule has 0 saturated heterocycles. The van der Waals surface area contributed by atoms with Crippen LogP contribution in [0, 0.1) is 17.6 Å². The van der Waals surface area contributed by atoms with Crippen molar-refractivity contribution < 1.29 is 23.0 Å². The topological polar surface area (TPSA) is 35.5 Å². The lowest BCUT2D eigenvalue weighted by Gasteiger charge is -2.10. The summed E-state index contributed by atoms with van der Waals surface area (Å²) in [6.45, 7) is 5.09. The van der Waals surface area contributed by atoms with Crippen LogP contribution < -0.4 is 4.74 Å². The van der Waals surface area contributed by atoms with Gasteiger partial charge in [-0.05, 0) is 24.5 Å². The summed E-state index contributed by atoms with van der Waals surface area (Å²) < 4.78 is 37.1. The highest BCUT2D eigenvalue weighted by Gasteiger charge is 2.12. The van der Waals surface area contributed by atoms with Crippen molar-refractivity contribution in [1.29, 1.82) is 0 Å². The molecule has 0 spiro atoms. The number of ether oxygens (including phenoxy) is 2. The van der Waals surface area contributed by atoms with Gasteiger partial charge in [0.2, 0.25) is 0 Å². The van der Waals surface area contributed by atoms with Gasteiger partial charge in [0.05, 0.1) is 6.61 Å². The number of aldehydes is 1. The van der Waals surface area contributed by atoms with Gasteiger partial charge in [0.25, 0.3) is 0 Å². The molecule has 0 aliphatic rings. The van der Waals surface area contributed by atoms with Gasteiger partial charge in [0.15, 0.2) is 17.4 Å². The SMILES string of the molecule is CC(C)CCOCCOc1c(F)cc(C=O)cc1F. The summed E-state index contributed by atoms with van der Waals surface area (Å²) in [7, 11) is 0. The van der Waals surface area contributed by atoms with Crippen LogP contribution in [-0.2, 0) is 4.74 Å². The monoisotopic (exact) mass is 272 g/mol. The van der Waals surface area contributed by atoms with Crippen molar-refractivity contribution in [3.63, 3.8) is 0 Å². The van der Waals surface area contributed by atoms with E-state index in [1.165, 1.54) is 0 Å². The number of hydrogen-bond donors (Lipinski definition) is 0. The number of carbonyl (C=O) groups excluding carboxylic acids is 1. The molecule has 106 valence electrons. The van der Waals surface area contributed by atoms with Gasteiger partial charge in [0.1, 0.15) is 12.9 Å². The van der Waals surface area contributed by atoms with E-state index in [2.05, 4.69) is 13.8 Å². The van der Waals surface area contributed by atoms with E-state index in [0.29, 0.717) is 18.8 Å². The minimum atomic E-state index is -0.885. The Morgan fingerprint density at radius 1 is 1.16 bits per heavy atom. The van der Waals surface area contributed by atoms with E-state index in [1.54, 1.807) is 0 Å². The van der Waals surface area contributed by atoms with Crippen LogP contribution in [0.15, 0.2) is 12.1 Å². The van der Waals surface area contributed by atoms with Crippen molar-refractivity contribution in [3.8, 4) is 5.75 Å². The van der Waals surface area contributed by atoms with Crippen molar-refractivity contribution in [2.45, 2.75) is 20.3 Å². The molecule has 0 saturated carbocycles. The second kappa shape index (κ2) is 7.84. The summed E-state index contributed by atoms with van der Waals surface area (Å²) >= 11 is 0. The third kappa shape index (κ3) is 5.34. The third-order valence-electron chi connectivity index (χ3n) is 2.47. The van der Waals surface area contributed by atoms with Crippen LogP contribution in [0.1, 0.15) is 30.6 Å². The molecule has 0 radical (unpaired) electrons. The van der Waals surface area contributed by atoms with E-state index in [1.807, 2.05) is 0 Å². The molecule has 0 aliphatic heterocycles. The van der Waals surface area contributed by atoms with Crippen molar-refractivity contribution >= 4 is 6.29 Å². The molecule has 0 atom stereocenters.